The quantitative estimate of drug-likeness (QED) is 0.343. The van der Waals surface area contributed by atoms with Crippen LogP contribution in [0, 0.1) is 11.3 Å². The highest BCUT2D eigenvalue weighted by molar-refractivity contribution is 5.85. The maximum absolute atomic E-state index is 13.0. The van der Waals surface area contributed by atoms with Gasteiger partial charge in [-0.2, -0.15) is 0 Å². The first kappa shape index (κ1) is 26.8. The van der Waals surface area contributed by atoms with E-state index in [4.69, 9.17) is 20.3 Å². The molecule has 1 aromatic carbocycles. The lowest BCUT2D eigenvalue weighted by Gasteiger charge is -2.33. The van der Waals surface area contributed by atoms with Crippen LogP contribution >= 0.6 is 0 Å². The van der Waals surface area contributed by atoms with Crippen LogP contribution in [0.25, 0.3) is 11.1 Å². The molecule has 0 bridgehead atoms. The van der Waals surface area contributed by atoms with E-state index in [-0.39, 0.29) is 24.3 Å². The Morgan fingerprint density at radius 2 is 1.85 bits per heavy atom. The normalized spacial score (nSPS) is 13.9. The summed E-state index contributed by atoms with van der Waals surface area (Å²) in [6, 6.07) is 8.29. The molecule has 1 amide bonds. The van der Waals surface area contributed by atoms with Crippen LogP contribution < -0.4 is 15.8 Å². The fourth-order valence-electron chi connectivity index (χ4n) is 3.43. The molecule has 0 fully saturated rings. The molecule has 0 saturated heterocycles. The zero-order valence-corrected chi connectivity index (χ0v) is 20.3. The van der Waals surface area contributed by atoms with Crippen LogP contribution in [-0.2, 0) is 9.53 Å². The van der Waals surface area contributed by atoms with E-state index in [1.54, 1.807) is 58.0 Å². The van der Waals surface area contributed by atoms with Crippen LogP contribution in [0.2, 0.25) is 0 Å². The van der Waals surface area contributed by atoms with Gasteiger partial charge in [-0.25, -0.2) is 9.78 Å². The van der Waals surface area contributed by atoms with Crippen LogP contribution in [0.4, 0.5) is 10.6 Å². The van der Waals surface area contributed by atoms with E-state index in [0.717, 1.165) is 0 Å². The summed E-state index contributed by atoms with van der Waals surface area (Å²) in [5.41, 5.74) is 5.81. The van der Waals surface area contributed by atoms with Gasteiger partial charge >= 0.3 is 12.1 Å². The summed E-state index contributed by atoms with van der Waals surface area (Å²) < 4.78 is 11.6. The van der Waals surface area contributed by atoms with Crippen molar-refractivity contribution in [3.8, 4) is 16.9 Å². The first-order chi connectivity index (χ1) is 15.9. The van der Waals surface area contributed by atoms with Crippen molar-refractivity contribution < 1.29 is 29.0 Å². The molecule has 1 heterocycles. The number of nitrogens with zero attached hydrogens (tertiary/aromatic N) is 1. The van der Waals surface area contributed by atoms with Crippen molar-refractivity contribution in [1.29, 1.82) is 0 Å². The number of nitrogens with one attached hydrogen (secondary N) is 1. The number of carbonyl (C=O) groups is 3. The van der Waals surface area contributed by atoms with E-state index >= 15 is 0 Å². The van der Waals surface area contributed by atoms with Crippen LogP contribution in [-0.4, -0.2) is 47.2 Å². The molecule has 9 heteroatoms. The molecule has 2 rings (SSSR count). The van der Waals surface area contributed by atoms with Crippen molar-refractivity contribution >= 4 is 24.2 Å². The largest absolute Gasteiger partial charge is 0.492 e. The Morgan fingerprint density at radius 1 is 1.18 bits per heavy atom. The molecule has 34 heavy (non-hydrogen) atoms. The van der Waals surface area contributed by atoms with Crippen LogP contribution in [0.3, 0.4) is 0 Å². The minimum absolute atomic E-state index is 0.00831. The van der Waals surface area contributed by atoms with Crippen LogP contribution in [0.1, 0.15) is 51.4 Å². The van der Waals surface area contributed by atoms with Crippen molar-refractivity contribution in [2.24, 2.45) is 17.1 Å². The van der Waals surface area contributed by atoms with E-state index < -0.39 is 17.1 Å². The Labute approximate surface area is 199 Å². The molecule has 2 aromatic rings. The second kappa shape index (κ2) is 11.1. The number of anilines is 1. The molecule has 0 spiro atoms. The summed E-state index contributed by atoms with van der Waals surface area (Å²) in [6.07, 6.45) is 1.38. The first-order valence-electron chi connectivity index (χ1n) is 11.0. The fourth-order valence-corrected chi connectivity index (χ4v) is 3.43. The summed E-state index contributed by atoms with van der Waals surface area (Å²) in [7, 11) is 0. The highest BCUT2D eigenvalue weighted by Crippen LogP contribution is 2.33. The van der Waals surface area contributed by atoms with E-state index in [2.05, 4.69) is 10.3 Å². The van der Waals surface area contributed by atoms with Gasteiger partial charge in [0.25, 0.3) is 0 Å². The zero-order valence-electron chi connectivity index (χ0n) is 20.3. The molecule has 0 aliphatic heterocycles. The summed E-state index contributed by atoms with van der Waals surface area (Å²) in [5.74, 6) is 0.168. The number of carboxylic acid groups (broad SMARTS) is 1. The molecule has 184 valence electrons. The maximum atomic E-state index is 13.0. The van der Waals surface area contributed by atoms with Gasteiger partial charge < -0.3 is 20.3 Å². The first-order valence-corrected chi connectivity index (χ1v) is 11.0. The molecule has 0 saturated carbocycles. The third-order valence-electron chi connectivity index (χ3n) is 5.10. The van der Waals surface area contributed by atoms with Gasteiger partial charge in [0.05, 0.1) is 11.0 Å². The van der Waals surface area contributed by atoms with E-state index in [1.807, 2.05) is 6.92 Å². The Hall–Kier alpha value is -3.46. The number of hydrogen-bond donors (Lipinski definition) is 3. The fraction of sp³-hybridized carbons (Fsp3) is 0.440. The number of pyridine rings is 1. The van der Waals surface area contributed by atoms with E-state index in [0.29, 0.717) is 41.7 Å². The molecule has 2 unspecified atom stereocenters. The lowest BCUT2D eigenvalue weighted by Crippen LogP contribution is -2.41. The monoisotopic (exact) mass is 471 g/mol. The van der Waals surface area contributed by atoms with Gasteiger partial charge in [-0.15, -0.1) is 0 Å². The van der Waals surface area contributed by atoms with Gasteiger partial charge in [-0.3, -0.25) is 14.9 Å². The van der Waals surface area contributed by atoms with Gasteiger partial charge in [0.15, 0.2) is 6.29 Å². The topological polar surface area (TPSA) is 141 Å². The van der Waals surface area contributed by atoms with Crippen molar-refractivity contribution in [3.63, 3.8) is 0 Å². The number of hydrogen-bond acceptors (Lipinski definition) is 7. The summed E-state index contributed by atoms with van der Waals surface area (Å²) in [4.78, 5) is 39.6. The van der Waals surface area contributed by atoms with Crippen molar-refractivity contribution in [2.75, 3.05) is 18.5 Å². The van der Waals surface area contributed by atoms with Crippen molar-refractivity contribution in [1.82, 2.24) is 4.98 Å². The number of aldehydes is 1. The van der Waals surface area contributed by atoms with E-state index in [9.17, 15) is 14.4 Å². The van der Waals surface area contributed by atoms with Crippen molar-refractivity contribution in [2.45, 2.75) is 46.6 Å². The molecule has 0 radical (unpaired) electrons. The Kier molecular flexibility index (Phi) is 8.75. The summed E-state index contributed by atoms with van der Waals surface area (Å²) >= 11 is 0. The number of amides is 1. The van der Waals surface area contributed by atoms with Gasteiger partial charge in [-0.05, 0) is 82.0 Å². The number of esters is 1. The molecular formula is C25H33N3O6. The second-order valence-corrected chi connectivity index (χ2v) is 9.63. The van der Waals surface area contributed by atoms with Gasteiger partial charge in [0.1, 0.15) is 23.8 Å². The molecule has 2 atom stereocenters. The molecule has 4 N–H and O–H groups in total. The minimum atomic E-state index is -1.22. The molecule has 9 nitrogen and oxygen atoms in total. The van der Waals surface area contributed by atoms with Crippen molar-refractivity contribution in [3.05, 3.63) is 42.1 Å². The second-order valence-electron chi connectivity index (χ2n) is 9.63. The number of nitrogens with two attached hydrogens (primary N) is 1. The average Bonchev–Trinajstić information content (AvgIpc) is 2.76. The third-order valence-corrected chi connectivity index (χ3v) is 5.10. The smallest absolute Gasteiger partial charge is 0.410 e. The number of ether oxygens (including phenoxy) is 2. The Bertz CT molecular complexity index is 1030. The Morgan fingerprint density at radius 3 is 2.44 bits per heavy atom. The maximum Gasteiger partial charge on any atom is 0.410 e. The third kappa shape index (κ3) is 7.55. The SMILES string of the molecule is CC(CN)CC(C)(COc1ccc(-c2ccnc(NC(=O)O)c2)cc1C=O)C(=O)OC(C)(C)C. The number of benzene rings is 1. The lowest BCUT2D eigenvalue weighted by molar-refractivity contribution is -0.169. The molecule has 0 aliphatic rings. The summed E-state index contributed by atoms with van der Waals surface area (Å²) in [5, 5.41) is 11.1. The highest BCUT2D eigenvalue weighted by atomic mass is 16.6. The number of aromatic nitrogens is 1. The van der Waals surface area contributed by atoms with Crippen LogP contribution in [0.5, 0.6) is 5.75 Å². The zero-order chi connectivity index (χ0) is 25.5. The number of carbonyl (C=O) groups excluding carboxylic acids is 2. The van der Waals surface area contributed by atoms with Gasteiger partial charge in [0, 0.05) is 6.20 Å². The average molecular weight is 472 g/mol. The van der Waals surface area contributed by atoms with E-state index in [1.165, 1.54) is 6.20 Å². The molecule has 1 aromatic heterocycles. The van der Waals surface area contributed by atoms with Gasteiger partial charge in [-0.1, -0.05) is 13.0 Å². The van der Waals surface area contributed by atoms with Gasteiger partial charge in [0.2, 0.25) is 0 Å². The highest BCUT2D eigenvalue weighted by Gasteiger charge is 2.39. The summed E-state index contributed by atoms with van der Waals surface area (Å²) in [6.45, 7) is 9.56. The Balaban J connectivity index is 2.28. The molecule has 0 aliphatic carbocycles. The number of rotatable bonds is 10. The lowest BCUT2D eigenvalue weighted by atomic mass is 9.82. The predicted octanol–water partition coefficient (Wildman–Crippen LogP) is 4.36. The predicted molar refractivity (Wildman–Crippen MR) is 129 cm³/mol. The van der Waals surface area contributed by atoms with Crippen LogP contribution in [0.15, 0.2) is 36.5 Å². The standard InChI is InChI=1S/C25H33N3O6/c1-16(13-26)12-25(5,22(30)34-24(2,3)4)15-33-20-7-6-17(10-19(20)14-29)18-8-9-27-21(11-18)28-23(31)32/h6-11,14,16H,12-13,15,26H2,1-5H3,(H,27,28)(H,31,32). The minimum Gasteiger partial charge on any atom is -0.492 e. The molecular weight excluding hydrogens is 438 g/mol.